The summed E-state index contributed by atoms with van der Waals surface area (Å²) in [5, 5.41) is 14.8. The smallest absolute Gasteiger partial charge is 0.357 e. The van der Waals surface area contributed by atoms with Crippen LogP contribution < -0.4 is 14.9 Å². The van der Waals surface area contributed by atoms with E-state index in [1.165, 1.54) is 16.9 Å². The number of alkyl halides is 3. The van der Waals surface area contributed by atoms with Crippen molar-refractivity contribution in [3.63, 3.8) is 0 Å². The molecule has 3 saturated heterocycles. The van der Waals surface area contributed by atoms with E-state index >= 15 is 0 Å². The van der Waals surface area contributed by atoms with Gasteiger partial charge in [-0.25, -0.2) is 9.71 Å². The van der Waals surface area contributed by atoms with Gasteiger partial charge in [-0.3, -0.25) is 9.80 Å². The third-order valence-corrected chi connectivity index (χ3v) is 13.8. The predicted octanol–water partition coefficient (Wildman–Crippen LogP) is 4.55. The minimum Gasteiger partial charge on any atom is -0.357 e. The Morgan fingerprint density at radius 1 is 1.04 bits per heavy atom. The lowest BCUT2D eigenvalue weighted by molar-refractivity contribution is -0.126. The quantitative estimate of drug-likeness (QED) is 0.240. The molecule has 12 nitrogen and oxygen atoms in total. The van der Waals surface area contributed by atoms with Gasteiger partial charge in [0.15, 0.2) is 0 Å². The summed E-state index contributed by atoms with van der Waals surface area (Å²) >= 11 is 1.08. The molecule has 7 rings (SSSR count). The number of aryl methyl sites for hydroxylation is 1. The van der Waals surface area contributed by atoms with Crippen LogP contribution in [0.3, 0.4) is 0 Å². The maximum atomic E-state index is 13.2. The highest BCUT2D eigenvalue weighted by Gasteiger charge is 2.44. The van der Waals surface area contributed by atoms with Crippen molar-refractivity contribution in [2.24, 2.45) is 5.41 Å². The number of nitrogens with one attached hydrogen (secondary N) is 2. The van der Waals surface area contributed by atoms with Gasteiger partial charge in [0.2, 0.25) is 5.95 Å². The predicted molar refractivity (Wildman–Crippen MR) is 198 cm³/mol. The maximum absolute atomic E-state index is 13.2. The van der Waals surface area contributed by atoms with Gasteiger partial charge in [-0.2, -0.15) is 36.1 Å². The normalized spacial score (nSPS) is 21.5. The Labute approximate surface area is 306 Å². The Hall–Kier alpha value is -3.53. The molecule has 2 atom stereocenters. The molecule has 6 heterocycles. The lowest BCUT2D eigenvalue weighted by atomic mass is 9.86. The number of piperazine rings is 1. The second kappa shape index (κ2) is 14.0. The summed E-state index contributed by atoms with van der Waals surface area (Å²) in [5.74, 6) is 1.11. The van der Waals surface area contributed by atoms with Crippen LogP contribution in [0.5, 0.6) is 0 Å². The van der Waals surface area contributed by atoms with Crippen molar-refractivity contribution < 1.29 is 21.6 Å². The molecule has 4 aromatic rings. The second-order valence-corrected chi connectivity index (χ2v) is 17.5. The molecule has 280 valence electrons. The van der Waals surface area contributed by atoms with Gasteiger partial charge < -0.3 is 14.8 Å². The Bertz CT molecular complexity index is 2120. The average Bonchev–Trinajstić information content (AvgIpc) is 3.90. The maximum Gasteiger partial charge on any atom is 0.393 e. The van der Waals surface area contributed by atoms with E-state index in [1.807, 2.05) is 6.07 Å². The molecule has 0 saturated carbocycles. The summed E-state index contributed by atoms with van der Waals surface area (Å²) in [4.78, 5) is 17.0. The number of benzene rings is 1. The van der Waals surface area contributed by atoms with Crippen LogP contribution in [0, 0.1) is 23.7 Å². The number of nitriles is 1. The Morgan fingerprint density at radius 3 is 2.48 bits per heavy atom. The summed E-state index contributed by atoms with van der Waals surface area (Å²) < 4.78 is 70.1. The SMILES string of the molecule is CNc1nc(N2CCC3(CCN(Cc4ccc5c(cc(C#N)n5C[C@@H](C)N5CCN(S(=O)(=O)NC)CC5)c4C)C3)C2)c2cc(CC(F)(F)F)sc2n1. The standard InChI is InChI=1S/C35H45F3N10O2S2/c1-23(45-11-13-47(14-12-45)52(49,50)41-4)19-48-26(18-39)15-28-24(2)25(5-6-30(28)48)20-44-9-7-34(21-44)8-10-46(22-34)31-29-16-27(17-35(36,37)38)51-32(29)43-33(40-3)42-31/h5-6,15-16,23,41H,7-14,17,19-22H2,1-4H3,(H,40,42,43)/t23-,34?/m1/s1. The number of rotatable bonds is 10. The summed E-state index contributed by atoms with van der Waals surface area (Å²) in [6, 6.07) is 10.4. The van der Waals surface area contributed by atoms with Crippen LogP contribution >= 0.6 is 11.3 Å². The summed E-state index contributed by atoms with van der Waals surface area (Å²) in [5.41, 5.74) is 4.09. The zero-order valence-electron chi connectivity index (χ0n) is 29.9. The first-order valence-corrected chi connectivity index (χ1v) is 19.9. The Balaban J connectivity index is 1.03. The van der Waals surface area contributed by atoms with Crippen LogP contribution in [-0.2, 0) is 29.7 Å². The van der Waals surface area contributed by atoms with Gasteiger partial charge in [0, 0.05) is 100 Å². The highest BCUT2D eigenvalue weighted by Crippen LogP contribution is 2.44. The third kappa shape index (κ3) is 7.21. The van der Waals surface area contributed by atoms with E-state index in [-0.39, 0.29) is 16.3 Å². The van der Waals surface area contributed by atoms with Crippen LogP contribution in [0.4, 0.5) is 24.9 Å². The van der Waals surface area contributed by atoms with E-state index in [1.54, 1.807) is 13.1 Å². The van der Waals surface area contributed by atoms with Gasteiger partial charge in [0.25, 0.3) is 10.2 Å². The van der Waals surface area contributed by atoms with Crippen LogP contribution in [0.25, 0.3) is 21.1 Å². The number of nitrogens with zero attached hydrogens (tertiary/aromatic N) is 8. The molecule has 1 spiro atoms. The fourth-order valence-electron chi connectivity index (χ4n) is 8.32. The van der Waals surface area contributed by atoms with Crippen LogP contribution in [0.1, 0.15) is 41.5 Å². The van der Waals surface area contributed by atoms with Crippen molar-refractivity contribution in [3.8, 4) is 6.07 Å². The highest BCUT2D eigenvalue weighted by atomic mass is 32.2. The molecule has 2 N–H and O–H groups in total. The Morgan fingerprint density at radius 2 is 1.79 bits per heavy atom. The second-order valence-electron chi connectivity index (χ2n) is 14.5. The van der Waals surface area contributed by atoms with E-state index in [9.17, 15) is 26.9 Å². The zero-order chi connectivity index (χ0) is 37.0. The number of anilines is 2. The summed E-state index contributed by atoms with van der Waals surface area (Å²) in [6.45, 7) is 11.2. The largest absolute Gasteiger partial charge is 0.393 e. The third-order valence-electron chi connectivity index (χ3n) is 11.2. The number of hydrogen-bond acceptors (Lipinski definition) is 10. The van der Waals surface area contributed by atoms with Crippen molar-refractivity contribution in [3.05, 3.63) is 46.0 Å². The number of fused-ring (bicyclic) bond motifs is 2. The van der Waals surface area contributed by atoms with E-state index < -0.39 is 22.8 Å². The lowest BCUT2D eigenvalue weighted by Gasteiger charge is -2.37. The van der Waals surface area contributed by atoms with Crippen molar-refractivity contribution in [1.29, 1.82) is 5.26 Å². The molecular formula is C35H45F3N10O2S2. The first-order chi connectivity index (χ1) is 24.7. The van der Waals surface area contributed by atoms with E-state index in [0.29, 0.717) is 60.4 Å². The van der Waals surface area contributed by atoms with Crippen molar-refractivity contribution in [1.82, 2.24) is 33.4 Å². The van der Waals surface area contributed by atoms with Gasteiger partial charge in [0.1, 0.15) is 22.4 Å². The molecule has 0 bridgehead atoms. The molecule has 52 heavy (non-hydrogen) atoms. The minimum absolute atomic E-state index is 0.0655. The van der Waals surface area contributed by atoms with Gasteiger partial charge >= 0.3 is 6.18 Å². The van der Waals surface area contributed by atoms with Crippen molar-refractivity contribution >= 4 is 54.4 Å². The molecule has 3 aliphatic heterocycles. The molecule has 0 aliphatic carbocycles. The van der Waals surface area contributed by atoms with E-state index in [4.69, 9.17) is 4.98 Å². The number of likely N-dealkylation sites (tertiary alicyclic amines) is 1. The van der Waals surface area contributed by atoms with E-state index in [0.717, 1.165) is 73.4 Å². The number of hydrogen-bond donors (Lipinski definition) is 2. The number of thiophene rings is 1. The van der Waals surface area contributed by atoms with E-state index in [2.05, 4.69) is 66.3 Å². The van der Waals surface area contributed by atoms with Crippen molar-refractivity contribution in [2.75, 3.05) is 76.7 Å². The molecule has 0 radical (unpaired) electrons. The monoisotopic (exact) mass is 758 g/mol. The first-order valence-electron chi connectivity index (χ1n) is 17.7. The molecule has 0 amide bonds. The molecular weight excluding hydrogens is 714 g/mol. The zero-order valence-corrected chi connectivity index (χ0v) is 31.6. The van der Waals surface area contributed by atoms with Crippen LogP contribution in [-0.4, -0.2) is 116 Å². The van der Waals surface area contributed by atoms with Gasteiger partial charge in [-0.05, 0) is 62.6 Å². The Kier molecular flexibility index (Phi) is 9.93. The number of aromatic nitrogens is 3. The minimum atomic E-state index is -4.28. The molecule has 1 unspecified atom stereocenters. The van der Waals surface area contributed by atoms with Gasteiger partial charge in [0.05, 0.1) is 11.8 Å². The molecule has 3 aromatic heterocycles. The molecule has 3 fully saturated rings. The van der Waals surface area contributed by atoms with Crippen LogP contribution in [0.15, 0.2) is 24.3 Å². The molecule has 1 aromatic carbocycles. The van der Waals surface area contributed by atoms with Crippen LogP contribution in [0.2, 0.25) is 0 Å². The fraction of sp³-hybridized carbons (Fsp3) is 0.571. The summed E-state index contributed by atoms with van der Waals surface area (Å²) in [7, 11) is -0.296. The van der Waals surface area contributed by atoms with Gasteiger partial charge in [-0.15, -0.1) is 11.3 Å². The first kappa shape index (κ1) is 36.8. The highest BCUT2D eigenvalue weighted by molar-refractivity contribution is 7.87. The average molecular weight is 759 g/mol. The summed E-state index contributed by atoms with van der Waals surface area (Å²) in [6.07, 6.45) is -3.25. The van der Waals surface area contributed by atoms with Gasteiger partial charge in [-0.1, -0.05) is 6.07 Å². The fourth-order valence-corrected chi connectivity index (χ4v) is 10.3. The number of halogens is 3. The topological polar surface area (TPSA) is 126 Å². The van der Waals surface area contributed by atoms with Crippen molar-refractivity contribution in [2.45, 2.75) is 58.4 Å². The lowest BCUT2D eigenvalue weighted by Crippen LogP contribution is -2.54. The molecule has 3 aliphatic rings. The molecule has 17 heteroatoms.